The third-order valence-corrected chi connectivity index (χ3v) is 1.78. The molecule has 12 heavy (non-hydrogen) atoms. The summed E-state index contributed by atoms with van der Waals surface area (Å²) in [6.45, 7) is 1.24. The Bertz CT molecular complexity index is 253. The smallest absolute Gasteiger partial charge is 0.129 e. The molecule has 0 amide bonds. The van der Waals surface area contributed by atoms with Crippen molar-refractivity contribution in [3.8, 4) is 0 Å². The summed E-state index contributed by atoms with van der Waals surface area (Å²) in [6, 6.07) is 4.52. The van der Waals surface area contributed by atoms with Gasteiger partial charge in [0.25, 0.3) is 0 Å². The van der Waals surface area contributed by atoms with E-state index in [4.69, 9.17) is 5.11 Å². The topological polar surface area (TPSA) is 40.5 Å². The van der Waals surface area contributed by atoms with Gasteiger partial charge in [-0.05, 0) is 18.6 Å². The number of rotatable bonds is 2. The maximum absolute atomic E-state index is 13.0. The highest BCUT2D eigenvalue weighted by Crippen LogP contribution is 2.20. The molecular formula is C9H11FO2. The van der Waals surface area contributed by atoms with E-state index in [0.29, 0.717) is 5.56 Å². The Morgan fingerprint density at radius 3 is 2.67 bits per heavy atom. The average molecular weight is 170 g/mol. The molecule has 0 saturated heterocycles. The van der Waals surface area contributed by atoms with Crippen LogP contribution in [0.3, 0.4) is 0 Å². The highest BCUT2D eigenvalue weighted by molar-refractivity contribution is 5.29. The standard InChI is InChI=1S/C9H11FO2/c1-6-3-2-4-7(10)9(6)8(12)5-11/h2-4,8,11-12H,5H2,1H3. The molecule has 0 aliphatic rings. The minimum atomic E-state index is -1.12. The van der Waals surface area contributed by atoms with Gasteiger partial charge in [0.1, 0.15) is 11.9 Å². The first-order valence-electron chi connectivity index (χ1n) is 3.70. The predicted molar refractivity (Wildman–Crippen MR) is 43.2 cm³/mol. The van der Waals surface area contributed by atoms with E-state index in [1.165, 1.54) is 6.07 Å². The zero-order valence-electron chi connectivity index (χ0n) is 6.79. The van der Waals surface area contributed by atoms with Crippen LogP contribution >= 0.6 is 0 Å². The van der Waals surface area contributed by atoms with Crippen molar-refractivity contribution in [3.63, 3.8) is 0 Å². The van der Waals surface area contributed by atoms with Crippen molar-refractivity contribution in [2.75, 3.05) is 6.61 Å². The van der Waals surface area contributed by atoms with E-state index in [0.717, 1.165) is 0 Å². The largest absolute Gasteiger partial charge is 0.393 e. The summed E-state index contributed by atoms with van der Waals surface area (Å²) in [4.78, 5) is 0. The second-order valence-corrected chi connectivity index (χ2v) is 2.67. The Morgan fingerprint density at radius 1 is 1.50 bits per heavy atom. The molecule has 2 N–H and O–H groups in total. The zero-order valence-corrected chi connectivity index (χ0v) is 6.79. The van der Waals surface area contributed by atoms with Crippen LogP contribution in [0.4, 0.5) is 4.39 Å². The fraction of sp³-hybridized carbons (Fsp3) is 0.333. The molecule has 1 atom stereocenters. The average Bonchev–Trinajstić information content (AvgIpc) is 2.03. The molecule has 0 bridgehead atoms. The number of hydrogen-bond acceptors (Lipinski definition) is 2. The van der Waals surface area contributed by atoms with E-state index >= 15 is 0 Å². The monoisotopic (exact) mass is 170 g/mol. The molecule has 0 aliphatic carbocycles. The highest BCUT2D eigenvalue weighted by atomic mass is 19.1. The van der Waals surface area contributed by atoms with Crippen LogP contribution in [0.1, 0.15) is 17.2 Å². The summed E-state index contributed by atoms with van der Waals surface area (Å²) in [6.07, 6.45) is -1.12. The van der Waals surface area contributed by atoms with E-state index in [9.17, 15) is 9.50 Å². The van der Waals surface area contributed by atoms with E-state index in [-0.39, 0.29) is 5.56 Å². The quantitative estimate of drug-likeness (QED) is 0.699. The first-order valence-corrected chi connectivity index (χ1v) is 3.70. The Balaban J connectivity index is 3.12. The molecule has 0 spiro atoms. The lowest BCUT2D eigenvalue weighted by molar-refractivity contribution is 0.0921. The Kier molecular flexibility index (Phi) is 2.78. The summed E-state index contributed by atoms with van der Waals surface area (Å²) < 4.78 is 13.0. The van der Waals surface area contributed by atoms with Crippen LogP contribution in [-0.2, 0) is 0 Å². The lowest BCUT2D eigenvalue weighted by Gasteiger charge is -2.11. The van der Waals surface area contributed by atoms with Crippen molar-refractivity contribution in [3.05, 3.63) is 35.1 Å². The molecule has 1 unspecified atom stereocenters. The molecule has 3 heteroatoms. The fourth-order valence-corrected chi connectivity index (χ4v) is 1.16. The van der Waals surface area contributed by atoms with Crippen molar-refractivity contribution >= 4 is 0 Å². The molecule has 66 valence electrons. The van der Waals surface area contributed by atoms with Gasteiger partial charge in [-0.3, -0.25) is 0 Å². The Hall–Kier alpha value is -0.930. The number of benzene rings is 1. The highest BCUT2D eigenvalue weighted by Gasteiger charge is 2.13. The molecule has 0 aromatic heterocycles. The van der Waals surface area contributed by atoms with Gasteiger partial charge in [-0.1, -0.05) is 12.1 Å². The van der Waals surface area contributed by atoms with Crippen LogP contribution in [0.15, 0.2) is 18.2 Å². The zero-order chi connectivity index (χ0) is 9.14. The van der Waals surface area contributed by atoms with Crippen LogP contribution in [0, 0.1) is 12.7 Å². The molecule has 1 aromatic carbocycles. The number of aliphatic hydroxyl groups is 2. The molecule has 0 aliphatic heterocycles. The van der Waals surface area contributed by atoms with Gasteiger partial charge in [-0.2, -0.15) is 0 Å². The third kappa shape index (κ3) is 1.62. The number of aryl methyl sites for hydroxylation is 1. The van der Waals surface area contributed by atoms with Gasteiger partial charge in [0.15, 0.2) is 0 Å². The van der Waals surface area contributed by atoms with Crippen LogP contribution in [0.2, 0.25) is 0 Å². The minimum Gasteiger partial charge on any atom is -0.393 e. The van der Waals surface area contributed by atoms with Crippen molar-refractivity contribution in [1.29, 1.82) is 0 Å². The molecule has 1 rings (SSSR count). The first kappa shape index (κ1) is 9.16. The van der Waals surface area contributed by atoms with E-state index < -0.39 is 18.5 Å². The lowest BCUT2D eigenvalue weighted by atomic mass is 10.0. The van der Waals surface area contributed by atoms with E-state index in [2.05, 4.69) is 0 Å². The lowest BCUT2D eigenvalue weighted by Crippen LogP contribution is -2.07. The molecule has 0 heterocycles. The molecule has 2 nitrogen and oxygen atoms in total. The molecule has 0 radical (unpaired) electrons. The maximum atomic E-state index is 13.0. The van der Waals surface area contributed by atoms with Gasteiger partial charge in [0.2, 0.25) is 0 Å². The minimum absolute atomic E-state index is 0.181. The maximum Gasteiger partial charge on any atom is 0.129 e. The molecule has 0 fully saturated rings. The van der Waals surface area contributed by atoms with E-state index in [1.54, 1.807) is 19.1 Å². The summed E-state index contributed by atoms with van der Waals surface area (Å²) in [5.74, 6) is -0.475. The van der Waals surface area contributed by atoms with Crippen LogP contribution in [-0.4, -0.2) is 16.8 Å². The summed E-state index contributed by atoms with van der Waals surface area (Å²) >= 11 is 0. The van der Waals surface area contributed by atoms with Crippen LogP contribution < -0.4 is 0 Å². The summed E-state index contributed by atoms with van der Waals surface area (Å²) in [5.41, 5.74) is 0.830. The normalized spacial score (nSPS) is 13.0. The second kappa shape index (κ2) is 3.65. The molecular weight excluding hydrogens is 159 g/mol. The third-order valence-electron chi connectivity index (χ3n) is 1.78. The molecule has 1 aromatic rings. The first-order chi connectivity index (χ1) is 5.66. The fourth-order valence-electron chi connectivity index (χ4n) is 1.16. The van der Waals surface area contributed by atoms with Gasteiger partial charge < -0.3 is 10.2 Å². The SMILES string of the molecule is Cc1cccc(F)c1C(O)CO. The van der Waals surface area contributed by atoms with Crippen LogP contribution in [0.25, 0.3) is 0 Å². The molecule has 0 saturated carbocycles. The Labute approximate surface area is 70.3 Å². The van der Waals surface area contributed by atoms with Gasteiger partial charge >= 0.3 is 0 Å². The summed E-state index contributed by atoms with van der Waals surface area (Å²) in [7, 11) is 0. The van der Waals surface area contributed by atoms with Crippen LogP contribution in [0.5, 0.6) is 0 Å². The number of hydrogen-bond donors (Lipinski definition) is 2. The number of halogens is 1. The van der Waals surface area contributed by atoms with Crippen molar-refractivity contribution < 1.29 is 14.6 Å². The van der Waals surface area contributed by atoms with Crippen molar-refractivity contribution in [1.82, 2.24) is 0 Å². The Morgan fingerprint density at radius 2 is 2.17 bits per heavy atom. The van der Waals surface area contributed by atoms with Gasteiger partial charge in [0, 0.05) is 5.56 Å². The van der Waals surface area contributed by atoms with E-state index in [1.807, 2.05) is 0 Å². The van der Waals surface area contributed by atoms with Gasteiger partial charge in [-0.15, -0.1) is 0 Å². The number of aliphatic hydroxyl groups excluding tert-OH is 2. The van der Waals surface area contributed by atoms with Gasteiger partial charge in [-0.25, -0.2) is 4.39 Å². The van der Waals surface area contributed by atoms with Crippen molar-refractivity contribution in [2.45, 2.75) is 13.0 Å². The van der Waals surface area contributed by atoms with Crippen molar-refractivity contribution in [2.24, 2.45) is 0 Å². The predicted octanol–water partition coefficient (Wildman–Crippen LogP) is 1.16. The van der Waals surface area contributed by atoms with Gasteiger partial charge in [0.05, 0.1) is 6.61 Å². The second-order valence-electron chi connectivity index (χ2n) is 2.67. The summed E-state index contributed by atoms with van der Waals surface area (Å²) in [5, 5.41) is 17.8.